The summed E-state index contributed by atoms with van der Waals surface area (Å²) in [6, 6.07) is 3.16. The third-order valence-corrected chi connectivity index (χ3v) is 5.21. The lowest BCUT2D eigenvalue weighted by Gasteiger charge is -2.28. The van der Waals surface area contributed by atoms with E-state index >= 15 is 0 Å². The zero-order chi connectivity index (χ0) is 20.2. The van der Waals surface area contributed by atoms with Crippen molar-refractivity contribution in [1.29, 1.82) is 0 Å². The van der Waals surface area contributed by atoms with Gasteiger partial charge in [-0.1, -0.05) is 59.3 Å². The summed E-state index contributed by atoms with van der Waals surface area (Å²) in [6.07, 6.45) is 3.15. The summed E-state index contributed by atoms with van der Waals surface area (Å²) in [5, 5.41) is 3.40. The van der Waals surface area contributed by atoms with Crippen LogP contribution in [0.1, 0.15) is 57.2 Å². The van der Waals surface area contributed by atoms with Crippen molar-refractivity contribution >= 4 is 13.0 Å². The van der Waals surface area contributed by atoms with Crippen LogP contribution in [0.2, 0.25) is 0 Å². The molecule has 145 valence electrons. The van der Waals surface area contributed by atoms with Gasteiger partial charge in [0.05, 0.1) is 6.61 Å². The number of benzene rings is 1. The van der Waals surface area contributed by atoms with E-state index in [1.807, 2.05) is 0 Å². The van der Waals surface area contributed by atoms with Gasteiger partial charge in [-0.3, -0.25) is 0 Å². The van der Waals surface area contributed by atoms with Crippen molar-refractivity contribution < 1.29 is 9.13 Å². The Hall–Kier alpha value is -1.97. The van der Waals surface area contributed by atoms with Gasteiger partial charge in [0.25, 0.3) is 0 Å². The molecule has 0 spiro atoms. The first-order valence-corrected chi connectivity index (χ1v) is 9.71. The third kappa shape index (κ3) is 5.75. The first-order chi connectivity index (χ1) is 12.6. The van der Waals surface area contributed by atoms with Gasteiger partial charge in [-0.25, -0.2) is 4.39 Å². The summed E-state index contributed by atoms with van der Waals surface area (Å²) < 4.78 is 20.1. The zero-order valence-corrected chi connectivity index (χ0v) is 17.3. The highest BCUT2D eigenvalue weighted by Crippen LogP contribution is 2.30. The highest BCUT2D eigenvalue weighted by molar-refractivity contribution is 6.38. The Kier molecular flexibility index (Phi) is 6.97. The number of hydrogen-bond acceptors (Lipinski definition) is 2. The molecule has 1 aromatic carbocycles. The van der Waals surface area contributed by atoms with Crippen LogP contribution in [0.15, 0.2) is 43.1 Å². The van der Waals surface area contributed by atoms with Crippen molar-refractivity contribution in [3.05, 3.63) is 65.6 Å². The quantitative estimate of drug-likeness (QED) is 0.377. The lowest BCUT2D eigenvalue weighted by Crippen LogP contribution is -2.40. The Morgan fingerprint density at radius 1 is 1.30 bits per heavy atom. The normalized spacial score (nSPS) is 16.1. The standard InChI is InChI=1S/C23H32BFNO/c1-8-16(3)26-22-12-18-11-19(25)13-20(21(18)14-24-22)17(4)27-10-9-15(2)23(5,6)7/h11,13,22,26H,2-4,8-10,12,14H2,1,5-7H3/t22-/m0/s1. The van der Waals surface area contributed by atoms with Crippen LogP contribution in [0.5, 0.6) is 0 Å². The van der Waals surface area contributed by atoms with Crippen molar-refractivity contribution in [3.63, 3.8) is 0 Å². The van der Waals surface area contributed by atoms with Gasteiger partial charge in [0.15, 0.2) is 0 Å². The van der Waals surface area contributed by atoms with Crippen molar-refractivity contribution in [3.8, 4) is 0 Å². The highest BCUT2D eigenvalue weighted by Gasteiger charge is 2.24. The molecule has 1 aliphatic heterocycles. The largest absolute Gasteiger partial charge is 0.493 e. The first-order valence-electron chi connectivity index (χ1n) is 9.71. The van der Waals surface area contributed by atoms with E-state index in [2.05, 4.69) is 60.0 Å². The van der Waals surface area contributed by atoms with E-state index in [9.17, 15) is 4.39 Å². The van der Waals surface area contributed by atoms with E-state index in [1.165, 1.54) is 6.07 Å². The van der Waals surface area contributed by atoms with Crippen molar-refractivity contribution in [1.82, 2.24) is 5.32 Å². The molecule has 1 aromatic rings. The van der Waals surface area contributed by atoms with E-state index in [4.69, 9.17) is 4.74 Å². The number of nitrogens with one attached hydrogen (secondary N) is 1. The minimum Gasteiger partial charge on any atom is -0.493 e. The van der Waals surface area contributed by atoms with Crippen LogP contribution in [0, 0.1) is 11.2 Å². The molecule has 0 amide bonds. The lowest BCUT2D eigenvalue weighted by molar-refractivity contribution is 0.272. The highest BCUT2D eigenvalue weighted by atomic mass is 19.1. The average Bonchev–Trinajstić information content (AvgIpc) is 2.59. The summed E-state index contributed by atoms with van der Waals surface area (Å²) in [6.45, 7) is 21.2. The fourth-order valence-corrected chi connectivity index (χ4v) is 3.17. The van der Waals surface area contributed by atoms with E-state index in [0.29, 0.717) is 12.4 Å². The Bertz CT molecular complexity index is 733. The molecular formula is C23H32BFNO. The van der Waals surface area contributed by atoms with Gasteiger partial charge in [-0.15, -0.1) is 0 Å². The maximum absolute atomic E-state index is 14.2. The van der Waals surface area contributed by atoms with Crippen molar-refractivity contribution in [2.45, 2.75) is 59.2 Å². The molecule has 0 saturated heterocycles. The minimum absolute atomic E-state index is 0.0577. The van der Waals surface area contributed by atoms with Crippen molar-refractivity contribution in [2.24, 2.45) is 5.41 Å². The molecule has 27 heavy (non-hydrogen) atoms. The molecule has 0 bridgehead atoms. The van der Waals surface area contributed by atoms with E-state index in [-0.39, 0.29) is 17.2 Å². The second kappa shape index (κ2) is 8.82. The molecule has 1 atom stereocenters. The Labute approximate surface area is 164 Å². The van der Waals surface area contributed by atoms with Gasteiger partial charge in [0, 0.05) is 17.7 Å². The van der Waals surface area contributed by atoms with Gasteiger partial charge in [-0.2, -0.15) is 0 Å². The number of allylic oxidation sites excluding steroid dienone is 1. The van der Waals surface area contributed by atoms with Crippen LogP contribution in [-0.2, 0) is 17.5 Å². The van der Waals surface area contributed by atoms with E-state index in [0.717, 1.165) is 53.5 Å². The maximum atomic E-state index is 14.2. The van der Waals surface area contributed by atoms with Gasteiger partial charge in [0.2, 0.25) is 0 Å². The SMILES string of the molecule is C=C(CC)N[C@@H]1[B]Cc2c(cc(F)cc2C(=C)OCCC(=C)C(C)(C)C)C1. The fourth-order valence-electron chi connectivity index (χ4n) is 3.17. The predicted octanol–water partition coefficient (Wildman–Crippen LogP) is 5.41. The van der Waals surface area contributed by atoms with Crippen molar-refractivity contribution in [2.75, 3.05) is 6.61 Å². The van der Waals surface area contributed by atoms with Gasteiger partial charge >= 0.3 is 0 Å². The molecule has 2 nitrogen and oxygen atoms in total. The number of halogens is 1. The Morgan fingerprint density at radius 3 is 2.63 bits per heavy atom. The average molecular weight is 368 g/mol. The van der Waals surface area contributed by atoms with Gasteiger partial charge in [0.1, 0.15) is 18.9 Å². The van der Waals surface area contributed by atoms with E-state index in [1.54, 1.807) is 6.07 Å². The van der Waals surface area contributed by atoms with Gasteiger partial charge in [-0.05, 0) is 47.5 Å². The minimum atomic E-state index is -0.248. The molecule has 1 N–H and O–H groups in total. The third-order valence-electron chi connectivity index (χ3n) is 5.21. The van der Waals surface area contributed by atoms with Crippen LogP contribution in [-0.4, -0.2) is 19.8 Å². The molecule has 4 heteroatoms. The lowest BCUT2D eigenvalue weighted by atomic mass is 9.57. The summed E-state index contributed by atoms with van der Waals surface area (Å²) >= 11 is 0. The Balaban J connectivity index is 2.07. The molecule has 0 saturated carbocycles. The smallest absolute Gasteiger partial charge is 0.146 e. The topological polar surface area (TPSA) is 21.3 Å². The Morgan fingerprint density at radius 2 is 2.00 bits per heavy atom. The molecular weight excluding hydrogens is 336 g/mol. The summed E-state index contributed by atoms with van der Waals surface area (Å²) in [5.74, 6) is 0.469. The van der Waals surface area contributed by atoms with Gasteiger partial charge < -0.3 is 10.1 Å². The number of ether oxygens (including phenoxy) is 1. The number of hydrogen-bond donors (Lipinski definition) is 1. The molecule has 0 aromatic heterocycles. The molecule has 1 heterocycles. The maximum Gasteiger partial charge on any atom is 0.146 e. The van der Waals surface area contributed by atoms with Crippen LogP contribution in [0.4, 0.5) is 4.39 Å². The number of fused-ring (bicyclic) bond motifs is 1. The summed E-state index contributed by atoms with van der Waals surface area (Å²) in [4.78, 5) is 0. The predicted molar refractivity (Wildman–Crippen MR) is 114 cm³/mol. The molecule has 0 unspecified atom stereocenters. The molecule has 2 rings (SSSR count). The second-order valence-electron chi connectivity index (χ2n) is 8.32. The van der Waals surface area contributed by atoms with Crippen LogP contribution < -0.4 is 5.32 Å². The summed E-state index contributed by atoms with van der Waals surface area (Å²) in [7, 11) is 2.22. The molecule has 0 fully saturated rings. The van der Waals surface area contributed by atoms with Crippen LogP contribution in [0.3, 0.4) is 0 Å². The monoisotopic (exact) mass is 368 g/mol. The fraction of sp³-hybridized carbons (Fsp3) is 0.478. The molecule has 1 aliphatic rings. The zero-order valence-electron chi connectivity index (χ0n) is 17.3. The van der Waals surface area contributed by atoms with Crippen LogP contribution >= 0.6 is 0 Å². The molecule has 1 radical (unpaired) electrons. The molecule has 0 aliphatic carbocycles. The second-order valence-corrected chi connectivity index (χ2v) is 8.32. The number of rotatable bonds is 8. The van der Waals surface area contributed by atoms with E-state index < -0.39 is 0 Å². The summed E-state index contributed by atoms with van der Waals surface area (Å²) in [5.41, 5.74) is 5.09. The van der Waals surface area contributed by atoms with Crippen LogP contribution in [0.25, 0.3) is 5.76 Å². The first kappa shape index (κ1) is 21.3.